The summed E-state index contributed by atoms with van der Waals surface area (Å²) in [6.07, 6.45) is 1.16. The van der Waals surface area contributed by atoms with Crippen LogP contribution in [0.4, 0.5) is 0 Å². The lowest BCUT2D eigenvalue weighted by atomic mass is 9.63. The third kappa shape index (κ3) is 1.72. The molecule has 16 heavy (non-hydrogen) atoms. The van der Waals surface area contributed by atoms with Crippen molar-refractivity contribution in [2.45, 2.75) is 46.1 Å². The van der Waals surface area contributed by atoms with E-state index in [-0.39, 0.29) is 0 Å². The second-order valence-electron chi connectivity index (χ2n) is 5.41. The van der Waals surface area contributed by atoms with E-state index in [1.807, 2.05) is 11.3 Å². The van der Waals surface area contributed by atoms with E-state index in [1.54, 1.807) is 5.56 Å². The molecule has 2 heteroatoms. The molecule has 90 valence electrons. The van der Waals surface area contributed by atoms with Gasteiger partial charge in [-0.1, -0.05) is 27.7 Å². The first-order valence-corrected chi connectivity index (χ1v) is 7.11. The average molecular weight is 238 g/mol. The van der Waals surface area contributed by atoms with Crippen LogP contribution in [0.25, 0.3) is 0 Å². The highest BCUT2D eigenvalue weighted by molar-refractivity contribution is 7.10. The van der Waals surface area contributed by atoms with Crippen molar-refractivity contribution < 1.29 is 4.74 Å². The minimum Gasteiger partial charge on any atom is -0.376 e. The van der Waals surface area contributed by atoms with E-state index in [9.17, 15) is 0 Å². The normalized spacial score (nSPS) is 19.9. The Labute approximate surface area is 103 Å². The fourth-order valence-corrected chi connectivity index (χ4v) is 4.18. The third-order valence-corrected chi connectivity index (χ3v) is 5.10. The highest BCUT2D eigenvalue weighted by atomic mass is 32.1. The van der Waals surface area contributed by atoms with Gasteiger partial charge in [0.15, 0.2) is 0 Å². The molecule has 0 fully saturated rings. The van der Waals surface area contributed by atoms with Crippen LogP contribution < -0.4 is 0 Å². The summed E-state index contributed by atoms with van der Waals surface area (Å²) in [5.74, 6) is 1.34. The van der Waals surface area contributed by atoms with Gasteiger partial charge in [0, 0.05) is 16.9 Å². The fourth-order valence-electron chi connectivity index (χ4n) is 3.27. The van der Waals surface area contributed by atoms with Crippen molar-refractivity contribution in [3.05, 3.63) is 21.9 Å². The van der Waals surface area contributed by atoms with E-state index in [0.717, 1.165) is 19.6 Å². The summed E-state index contributed by atoms with van der Waals surface area (Å²) < 4.78 is 5.75. The summed E-state index contributed by atoms with van der Waals surface area (Å²) in [5, 5.41) is 2.22. The van der Waals surface area contributed by atoms with E-state index in [2.05, 4.69) is 39.1 Å². The Bertz CT molecular complexity index is 343. The van der Waals surface area contributed by atoms with Crippen molar-refractivity contribution in [1.82, 2.24) is 0 Å². The van der Waals surface area contributed by atoms with Crippen molar-refractivity contribution in [1.29, 1.82) is 0 Å². The second kappa shape index (κ2) is 4.50. The molecule has 0 saturated carbocycles. The molecule has 0 aromatic carbocycles. The van der Waals surface area contributed by atoms with Gasteiger partial charge in [-0.25, -0.2) is 0 Å². The van der Waals surface area contributed by atoms with Crippen molar-refractivity contribution in [2.24, 2.45) is 11.8 Å². The van der Waals surface area contributed by atoms with Crippen molar-refractivity contribution >= 4 is 11.3 Å². The summed E-state index contributed by atoms with van der Waals surface area (Å²) in [6, 6.07) is 2.33. The smallest absolute Gasteiger partial charge is 0.0812 e. The average Bonchev–Trinajstić information content (AvgIpc) is 2.59. The van der Waals surface area contributed by atoms with Crippen LogP contribution in [-0.4, -0.2) is 6.61 Å². The lowest BCUT2D eigenvalue weighted by molar-refractivity contribution is 0.0939. The van der Waals surface area contributed by atoms with Gasteiger partial charge in [-0.3, -0.25) is 0 Å². The standard InChI is InChI=1S/C14H22OS/c1-10(2)14(11(3)4)6-7-15-9-13-12(14)5-8-16-13/h5,8,10-11H,6-7,9H2,1-4H3. The SMILES string of the molecule is CC(C)C1(C(C)C)CCOCc2sccc21. The second-order valence-corrected chi connectivity index (χ2v) is 6.41. The molecular weight excluding hydrogens is 216 g/mol. The molecule has 0 spiro atoms. The molecule has 1 aliphatic heterocycles. The quantitative estimate of drug-likeness (QED) is 0.749. The van der Waals surface area contributed by atoms with Crippen LogP contribution in [0, 0.1) is 11.8 Å². The van der Waals surface area contributed by atoms with E-state index in [0.29, 0.717) is 17.3 Å². The maximum atomic E-state index is 5.75. The Kier molecular flexibility index (Phi) is 3.41. The van der Waals surface area contributed by atoms with Crippen molar-refractivity contribution in [3.63, 3.8) is 0 Å². The lowest BCUT2D eigenvalue weighted by Crippen LogP contribution is -2.38. The van der Waals surface area contributed by atoms with Gasteiger partial charge in [-0.05, 0) is 35.3 Å². The minimum atomic E-state index is 0.311. The van der Waals surface area contributed by atoms with Crippen molar-refractivity contribution in [3.8, 4) is 0 Å². The van der Waals surface area contributed by atoms with E-state index in [4.69, 9.17) is 4.74 Å². The van der Waals surface area contributed by atoms with Crippen LogP contribution in [0.15, 0.2) is 11.4 Å². The first-order valence-electron chi connectivity index (χ1n) is 6.23. The lowest BCUT2D eigenvalue weighted by Gasteiger charge is -2.41. The number of hydrogen-bond acceptors (Lipinski definition) is 2. The van der Waals surface area contributed by atoms with Gasteiger partial charge < -0.3 is 4.74 Å². The predicted octanol–water partition coefficient (Wildman–Crippen LogP) is 4.22. The molecule has 0 amide bonds. The molecule has 0 unspecified atom stereocenters. The zero-order valence-electron chi connectivity index (χ0n) is 10.7. The molecule has 0 bridgehead atoms. The van der Waals surface area contributed by atoms with Gasteiger partial charge in [0.1, 0.15) is 0 Å². The largest absolute Gasteiger partial charge is 0.376 e. The van der Waals surface area contributed by atoms with Crippen molar-refractivity contribution in [2.75, 3.05) is 6.61 Å². The third-order valence-electron chi connectivity index (χ3n) is 4.20. The molecule has 0 radical (unpaired) electrons. The number of fused-ring (bicyclic) bond motifs is 1. The summed E-state index contributed by atoms with van der Waals surface area (Å²) in [4.78, 5) is 1.44. The summed E-state index contributed by atoms with van der Waals surface area (Å²) in [5.41, 5.74) is 1.87. The fraction of sp³-hybridized carbons (Fsp3) is 0.714. The molecule has 2 rings (SSSR count). The maximum absolute atomic E-state index is 5.75. The van der Waals surface area contributed by atoms with Crippen LogP contribution >= 0.6 is 11.3 Å². The first-order chi connectivity index (χ1) is 7.59. The van der Waals surface area contributed by atoms with E-state index < -0.39 is 0 Å². The Morgan fingerprint density at radius 3 is 2.56 bits per heavy atom. The predicted molar refractivity (Wildman–Crippen MR) is 69.9 cm³/mol. The zero-order valence-corrected chi connectivity index (χ0v) is 11.6. The Hall–Kier alpha value is -0.340. The molecule has 1 aliphatic rings. The molecule has 0 saturated heterocycles. The Morgan fingerprint density at radius 2 is 1.94 bits per heavy atom. The van der Waals surface area contributed by atoms with Crippen LogP contribution in [0.3, 0.4) is 0 Å². The molecule has 2 heterocycles. The van der Waals surface area contributed by atoms with Gasteiger partial charge >= 0.3 is 0 Å². The van der Waals surface area contributed by atoms with Crippen LogP contribution in [0.5, 0.6) is 0 Å². The van der Waals surface area contributed by atoms with E-state index in [1.165, 1.54) is 4.88 Å². The van der Waals surface area contributed by atoms with E-state index >= 15 is 0 Å². The van der Waals surface area contributed by atoms with Crippen LogP contribution in [0.2, 0.25) is 0 Å². The summed E-state index contributed by atoms with van der Waals surface area (Å²) in [6.45, 7) is 11.1. The monoisotopic (exact) mass is 238 g/mol. The van der Waals surface area contributed by atoms with Gasteiger partial charge in [0.25, 0.3) is 0 Å². The molecule has 0 aliphatic carbocycles. The molecule has 1 nitrogen and oxygen atoms in total. The number of rotatable bonds is 2. The van der Waals surface area contributed by atoms with Gasteiger partial charge in [-0.15, -0.1) is 11.3 Å². The van der Waals surface area contributed by atoms with Crippen LogP contribution in [-0.2, 0) is 16.8 Å². The van der Waals surface area contributed by atoms with Gasteiger partial charge in [-0.2, -0.15) is 0 Å². The highest BCUT2D eigenvalue weighted by Gasteiger charge is 2.41. The van der Waals surface area contributed by atoms with Gasteiger partial charge in [0.05, 0.1) is 6.61 Å². The summed E-state index contributed by atoms with van der Waals surface area (Å²) in [7, 11) is 0. The first kappa shape index (κ1) is 12.1. The maximum Gasteiger partial charge on any atom is 0.0812 e. The molecule has 1 aromatic rings. The number of thiophene rings is 1. The van der Waals surface area contributed by atoms with Gasteiger partial charge in [0.2, 0.25) is 0 Å². The number of hydrogen-bond donors (Lipinski definition) is 0. The highest BCUT2D eigenvalue weighted by Crippen LogP contribution is 2.46. The molecule has 1 aromatic heterocycles. The Morgan fingerprint density at radius 1 is 1.25 bits per heavy atom. The Balaban J connectivity index is 2.53. The molecule has 0 atom stereocenters. The minimum absolute atomic E-state index is 0.311. The molecule has 0 N–H and O–H groups in total. The number of ether oxygens (including phenoxy) is 1. The topological polar surface area (TPSA) is 9.23 Å². The summed E-state index contributed by atoms with van der Waals surface area (Å²) >= 11 is 1.85. The zero-order chi connectivity index (χ0) is 11.8. The van der Waals surface area contributed by atoms with Crippen LogP contribution in [0.1, 0.15) is 44.6 Å². The molecular formula is C14H22OS.